The lowest BCUT2D eigenvalue weighted by Gasteiger charge is -2.40. The summed E-state index contributed by atoms with van der Waals surface area (Å²) in [6, 6.07) is 0.774. The zero-order valence-electron chi connectivity index (χ0n) is 11.9. The van der Waals surface area contributed by atoms with Gasteiger partial charge in [-0.05, 0) is 38.8 Å². The molecule has 18 heavy (non-hydrogen) atoms. The average Bonchev–Trinajstić information content (AvgIpc) is 2.40. The third kappa shape index (κ3) is 3.69. The van der Waals surface area contributed by atoms with Crippen molar-refractivity contribution in [2.45, 2.75) is 38.1 Å². The van der Waals surface area contributed by atoms with Gasteiger partial charge in [0.2, 0.25) is 5.91 Å². The van der Waals surface area contributed by atoms with Gasteiger partial charge in [-0.25, -0.2) is 0 Å². The molecule has 4 heteroatoms. The maximum Gasteiger partial charge on any atom is 0.236 e. The second kappa shape index (κ2) is 6.53. The summed E-state index contributed by atoms with van der Waals surface area (Å²) in [7, 11) is 3.67. The lowest BCUT2D eigenvalue weighted by atomic mass is 10.00. The summed E-state index contributed by atoms with van der Waals surface area (Å²) in [5.41, 5.74) is 0. The Morgan fingerprint density at radius 2 is 1.67 bits per heavy atom. The molecule has 0 unspecified atom stereocenters. The highest BCUT2D eigenvalue weighted by Crippen LogP contribution is 2.20. The third-order valence-electron chi connectivity index (χ3n) is 4.32. The minimum Gasteiger partial charge on any atom is -0.348 e. The van der Waals surface area contributed by atoms with E-state index in [1.54, 1.807) is 4.90 Å². The molecule has 0 bridgehead atoms. The molecule has 2 aliphatic rings. The summed E-state index contributed by atoms with van der Waals surface area (Å²) in [6.45, 7) is 5.35. The topological polar surface area (TPSA) is 26.8 Å². The van der Waals surface area contributed by atoms with E-state index >= 15 is 0 Å². The molecule has 0 radical (unpaired) electrons. The smallest absolute Gasteiger partial charge is 0.236 e. The highest BCUT2D eigenvalue weighted by Gasteiger charge is 2.26. The van der Waals surface area contributed by atoms with Crippen LogP contribution in [0, 0.1) is 0 Å². The van der Waals surface area contributed by atoms with E-state index in [1.165, 1.54) is 45.2 Å². The number of carbonyl (C=O) groups is 1. The Morgan fingerprint density at radius 3 is 2.22 bits per heavy atom. The number of hydrogen-bond acceptors (Lipinski definition) is 3. The van der Waals surface area contributed by atoms with Crippen molar-refractivity contribution < 1.29 is 4.79 Å². The van der Waals surface area contributed by atoms with Gasteiger partial charge in [0.1, 0.15) is 0 Å². The number of amides is 1. The van der Waals surface area contributed by atoms with Crippen molar-refractivity contribution in [1.29, 1.82) is 0 Å². The van der Waals surface area contributed by atoms with Crippen LogP contribution in [0.5, 0.6) is 0 Å². The van der Waals surface area contributed by atoms with Gasteiger partial charge >= 0.3 is 0 Å². The van der Waals surface area contributed by atoms with Crippen LogP contribution in [0.4, 0.5) is 0 Å². The minimum atomic E-state index is 0.228. The Morgan fingerprint density at radius 1 is 1.06 bits per heavy atom. The molecule has 2 rings (SSSR count). The second-order valence-corrected chi connectivity index (χ2v) is 5.89. The average molecular weight is 253 g/mol. The van der Waals surface area contributed by atoms with E-state index in [4.69, 9.17) is 0 Å². The largest absolute Gasteiger partial charge is 0.348 e. The highest BCUT2D eigenvalue weighted by atomic mass is 16.2. The lowest BCUT2D eigenvalue weighted by Crippen LogP contribution is -2.48. The van der Waals surface area contributed by atoms with Crippen molar-refractivity contribution in [3.05, 3.63) is 0 Å². The SMILES string of the molecule is CN(C)C(=O)CN1CCC(N2CCCCC2)CC1. The number of hydrogen-bond donors (Lipinski definition) is 0. The van der Waals surface area contributed by atoms with Gasteiger partial charge in [0.25, 0.3) is 0 Å². The van der Waals surface area contributed by atoms with Gasteiger partial charge < -0.3 is 9.80 Å². The first-order valence-electron chi connectivity index (χ1n) is 7.33. The fourth-order valence-corrected chi connectivity index (χ4v) is 3.06. The molecule has 0 N–H and O–H groups in total. The van der Waals surface area contributed by atoms with Crippen LogP contribution in [-0.4, -0.2) is 73.5 Å². The maximum atomic E-state index is 11.7. The summed E-state index contributed by atoms with van der Waals surface area (Å²) in [5, 5.41) is 0. The van der Waals surface area contributed by atoms with E-state index in [0.29, 0.717) is 6.54 Å². The van der Waals surface area contributed by atoms with Gasteiger partial charge in [0.05, 0.1) is 6.54 Å². The summed E-state index contributed by atoms with van der Waals surface area (Å²) in [4.78, 5) is 18.3. The first kappa shape index (κ1) is 13.8. The first-order chi connectivity index (χ1) is 8.66. The molecule has 0 saturated carbocycles. The minimum absolute atomic E-state index is 0.228. The van der Waals surface area contributed by atoms with E-state index in [2.05, 4.69) is 9.80 Å². The van der Waals surface area contributed by atoms with Gasteiger partial charge in [-0.3, -0.25) is 9.69 Å². The van der Waals surface area contributed by atoms with Crippen LogP contribution in [0.2, 0.25) is 0 Å². The number of piperidine rings is 2. The van der Waals surface area contributed by atoms with Crippen LogP contribution in [0.15, 0.2) is 0 Å². The van der Waals surface area contributed by atoms with Crippen molar-refractivity contribution in [3.63, 3.8) is 0 Å². The highest BCUT2D eigenvalue weighted by molar-refractivity contribution is 5.77. The second-order valence-electron chi connectivity index (χ2n) is 5.89. The summed E-state index contributed by atoms with van der Waals surface area (Å²) >= 11 is 0. The van der Waals surface area contributed by atoms with Crippen molar-refractivity contribution in [2.75, 3.05) is 46.8 Å². The molecule has 2 saturated heterocycles. The van der Waals surface area contributed by atoms with Crippen molar-refractivity contribution in [1.82, 2.24) is 14.7 Å². The zero-order chi connectivity index (χ0) is 13.0. The van der Waals surface area contributed by atoms with Crippen LogP contribution in [0.3, 0.4) is 0 Å². The van der Waals surface area contributed by atoms with E-state index in [9.17, 15) is 4.79 Å². The standard InChI is InChI=1S/C14H27N3O/c1-15(2)14(18)12-16-10-6-13(7-11-16)17-8-4-3-5-9-17/h13H,3-12H2,1-2H3. The number of likely N-dealkylation sites (tertiary alicyclic amines) is 2. The van der Waals surface area contributed by atoms with Crippen LogP contribution in [-0.2, 0) is 4.79 Å². The molecule has 104 valence electrons. The van der Waals surface area contributed by atoms with E-state index in [-0.39, 0.29) is 5.91 Å². The van der Waals surface area contributed by atoms with Gasteiger partial charge in [0.15, 0.2) is 0 Å². The van der Waals surface area contributed by atoms with Crippen molar-refractivity contribution in [3.8, 4) is 0 Å². The predicted molar refractivity (Wildman–Crippen MR) is 73.6 cm³/mol. The fraction of sp³-hybridized carbons (Fsp3) is 0.929. The van der Waals surface area contributed by atoms with E-state index in [1.807, 2.05) is 14.1 Å². The van der Waals surface area contributed by atoms with Crippen molar-refractivity contribution in [2.24, 2.45) is 0 Å². The Bertz CT molecular complexity index is 266. The quantitative estimate of drug-likeness (QED) is 0.751. The summed E-state index contributed by atoms with van der Waals surface area (Å²) in [6.07, 6.45) is 6.63. The lowest BCUT2D eigenvalue weighted by molar-refractivity contribution is -0.130. The Kier molecular flexibility index (Phi) is 5.01. The molecule has 0 aromatic carbocycles. The molecular formula is C14H27N3O. The predicted octanol–water partition coefficient (Wildman–Crippen LogP) is 1.02. The van der Waals surface area contributed by atoms with Crippen LogP contribution >= 0.6 is 0 Å². The van der Waals surface area contributed by atoms with Gasteiger partial charge in [-0.2, -0.15) is 0 Å². The maximum absolute atomic E-state index is 11.7. The Labute approximate surface area is 111 Å². The molecule has 0 aliphatic carbocycles. The zero-order valence-corrected chi connectivity index (χ0v) is 11.9. The van der Waals surface area contributed by atoms with Gasteiger partial charge in [-0.1, -0.05) is 6.42 Å². The van der Waals surface area contributed by atoms with Gasteiger partial charge in [0, 0.05) is 33.2 Å². The first-order valence-corrected chi connectivity index (χ1v) is 7.33. The third-order valence-corrected chi connectivity index (χ3v) is 4.32. The summed E-state index contributed by atoms with van der Waals surface area (Å²) in [5.74, 6) is 0.228. The van der Waals surface area contributed by atoms with Crippen LogP contribution in [0.25, 0.3) is 0 Å². The Balaban J connectivity index is 1.72. The molecule has 0 atom stereocenters. The molecule has 1 amide bonds. The number of carbonyl (C=O) groups excluding carboxylic acids is 1. The molecule has 0 spiro atoms. The van der Waals surface area contributed by atoms with Crippen LogP contribution in [0.1, 0.15) is 32.1 Å². The number of likely N-dealkylation sites (N-methyl/N-ethyl adjacent to an activating group) is 1. The normalized spacial score (nSPS) is 24.1. The monoisotopic (exact) mass is 253 g/mol. The molecule has 0 aromatic rings. The van der Waals surface area contributed by atoms with Crippen LogP contribution < -0.4 is 0 Å². The Hall–Kier alpha value is -0.610. The molecular weight excluding hydrogens is 226 g/mol. The van der Waals surface area contributed by atoms with E-state index in [0.717, 1.165) is 19.1 Å². The molecule has 0 aromatic heterocycles. The molecule has 2 heterocycles. The molecule has 2 aliphatic heterocycles. The summed E-state index contributed by atoms with van der Waals surface area (Å²) < 4.78 is 0. The van der Waals surface area contributed by atoms with Gasteiger partial charge in [-0.15, -0.1) is 0 Å². The van der Waals surface area contributed by atoms with Crippen molar-refractivity contribution >= 4 is 5.91 Å². The van der Waals surface area contributed by atoms with E-state index < -0.39 is 0 Å². The molecule has 4 nitrogen and oxygen atoms in total. The fourth-order valence-electron chi connectivity index (χ4n) is 3.06. The number of rotatable bonds is 3. The molecule has 2 fully saturated rings. The number of nitrogens with zero attached hydrogens (tertiary/aromatic N) is 3.